The highest BCUT2D eigenvalue weighted by Crippen LogP contribution is 2.40. The first-order valence-electron chi connectivity index (χ1n) is 7.01. The van der Waals surface area contributed by atoms with E-state index in [0.717, 1.165) is 29.5 Å². The largest absolute Gasteiger partial charge is 0.486 e. The second-order valence-corrected chi connectivity index (χ2v) is 6.51. The lowest BCUT2D eigenvalue weighted by Gasteiger charge is -2.39. The molecule has 2 unspecified atom stereocenters. The molecular formula is C16H21BrO2. The van der Waals surface area contributed by atoms with E-state index in [-0.39, 0.29) is 11.4 Å². The van der Waals surface area contributed by atoms with Gasteiger partial charge >= 0.3 is 0 Å². The summed E-state index contributed by atoms with van der Waals surface area (Å²) in [6.07, 6.45) is 3.43. The summed E-state index contributed by atoms with van der Waals surface area (Å²) < 4.78 is 7.15. The summed E-state index contributed by atoms with van der Waals surface area (Å²) in [5.74, 6) is 1.52. The summed E-state index contributed by atoms with van der Waals surface area (Å²) in [4.78, 5) is 12.4. The fourth-order valence-electron chi connectivity index (χ4n) is 2.70. The average Bonchev–Trinajstić information content (AvgIpc) is 2.39. The van der Waals surface area contributed by atoms with Crippen LogP contribution in [0.5, 0.6) is 5.75 Å². The van der Waals surface area contributed by atoms with Crippen molar-refractivity contribution in [1.82, 2.24) is 0 Å². The van der Waals surface area contributed by atoms with Crippen molar-refractivity contribution in [3.63, 3.8) is 0 Å². The van der Waals surface area contributed by atoms with Crippen molar-refractivity contribution in [2.24, 2.45) is 5.92 Å². The van der Waals surface area contributed by atoms with E-state index in [0.29, 0.717) is 17.9 Å². The molecule has 0 amide bonds. The smallest absolute Gasteiger partial charge is 0.170 e. The van der Waals surface area contributed by atoms with E-state index >= 15 is 0 Å². The van der Waals surface area contributed by atoms with Crippen LogP contribution in [0, 0.1) is 5.92 Å². The molecule has 1 aliphatic heterocycles. The molecule has 1 aromatic rings. The molecule has 2 nitrogen and oxygen atoms in total. The molecular weight excluding hydrogens is 304 g/mol. The molecule has 0 spiro atoms. The summed E-state index contributed by atoms with van der Waals surface area (Å²) in [6.45, 7) is 6.52. The normalized spacial score (nSPS) is 23.7. The maximum Gasteiger partial charge on any atom is 0.170 e. The van der Waals surface area contributed by atoms with Crippen LogP contribution in [-0.2, 0) is 0 Å². The van der Waals surface area contributed by atoms with Gasteiger partial charge in [-0.2, -0.15) is 0 Å². The zero-order chi connectivity index (χ0) is 14.0. The van der Waals surface area contributed by atoms with Crippen LogP contribution in [0.2, 0.25) is 0 Å². The molecule has 0 aliphatic carbocycles. The molecule has 3 heteroatoms. The number of Topliss-reactive ketones (excluding diaryl/α,β-unsaturated/α-hetero) is 1. The quantitative estimate of drug-likeness (QED) is 0.779. The molecule has 0 saturated carbocycles. The molecule has 1 heterocycles. The Morgan fingerprint density at radius 3 is 2.79 bits per heavy atom. The van der Waals surface area contributed by atoms with Crippen molar-refractivity contribution in [1.29, 1.82) is 0 Å². The number of hydrogen-bond donors (Lipinski definition) is 0. The maximum atomic E-state index is 12.4. The number of benzene rings is 1. The lowest BCUT2D eigenvalue weighted by molar-refractivity contribution is 0.0208. The topological polar surface area (TPSA) is 26.3 Å². The molecule has 0 fully saturated rings. The maximum absolute atomic E-state index is 12.4. The monoisotopic (exact) mass is 324 g/mol. The van der Waals surface area contributed by atoms with Crippen LogP contribution in [0.1, 0.15) is 56.8 Å². The van der Waals surface area contributed by atoms with Gasteiger partial charge in [-0.1, -0.05) is 43.1 Å². The van der Waals surface area contributed by atoms with Crippen molar-refractivity contribution in [3.8, 4) is 5.75 Å². The number of hydrogen-bond acceptors (Lipinski definition) is 2. The molecule has 0 aromatic heterocycles. The van der Waals surface area contributed by atoms with Crippen molar-refractivity contribution in [2.75, 3.05) is 0 Å². The SMILES string of the molecule is CCC(C)CC1(CC)CC(=O)c2cc(Br)ccc2O1. The van der Waals surface area contributed by atoms with Gasteiger partial charge in [-0.05, 0) is 37.0 Å². The van der Waals surface area contributed by atoms with E-state index in [9.17, 15) is 4.79 Å². The minimum Gasteiger partial charge on any atom is -0.486 e. The van der Waals surface area contributed by atoms with E-state index in [4.69, 9.17) is 4.74 Å². The van der Waals surface area contributed by atoms with Gasteiger partial charge in [0.25, 0.3) is 0 Å². The van der Waals surface area contributed by atoms with E-state index in [1.165, 1.54) is 0 Å². The highest BCUT2D eigenvalue weighted by Gasteiger charge is 2.39. The summed E-state index contributed by atoms with van der Waals surface area (Å²) in [5, 5.41) is 0. The van der Waals surface area contributed by atoms with Crippen LogP contribution in [0.25, 0.3) is 0 Å². The Balaban J connectivity index is 2.32. The van der Waals surface area contributed by atoms with Crippen molar-refractivity contribution in [3.05, 3.63) is 28.2 Å². The van der Waals surface area contributed by atoms with E-state index in [1.807, 2.05) is 18.2 Å². The summed E-state index contributed by atoms with van der Waals surface area (Å²) in [6, 6.07) is 5.69. The molecule has 0 N–H and O–H groups in total. The summed E-state index contributed by atoms with van der Waals surface area (Å²) in [5.41, 5.74) is 0.399. The van der Waals surface area contributed by atoms with Crippen LogP contribution in [0.4, 0.5) is 0 Å². The Labute approximate surface area is 123 Å². The highest BCUT2D eigenvalue weighted by atomic mass is 79.9. The molecule has 1 aliphatic rings. The predicted molar refractivity (Wildman–Crippen MR) is 80.8 cm³/mol. The van der Waals surface area contributed by atoms with Crippen LogP contribution >= 0.6 is 15.9 Å². The number of ketones is 1. The number of fused-ring (bicyclic) bond motifs is 1. The lowest BCUT2D eigenvalue weighted by Crippen LogP contribution is -2.42. The van der Waals surface area contributed by atoms with Crippen LogP contribution < -0.4 is 4.74 Å². The van der Waals surface area contributed by atoms with Gasteiger partial charge in [-0.25, -0.2) is 0 Å². The second kappa shape index (κ2) is 5.66. The molecule has 1 aromatic carbocycles. The molecule has 2 rings (SSSR count). The first-order valence-corrected chi connectivity index (χ1v) is 7.80. The van der Waals surface area contributed by atoms with Gasteiger partial charge in [0, 0.05) is 4.47 Å². The molecule has 0 saturated heterocycles. The second-order valence-electron chi connectivity index (χ2n) is 5.60. The molecule has 0 radical (unpaired) electrons. The summed E-state index contributed by atoms with van der Waals surface area (Å²) >= 11 is 3.41. The van der Waals surface area contributed by atoms with Gasteiger partial charge in [0.15, 0.2) is 5.78 Å². The zero-order valence-electron chi connectivity index (χ0n) is 11.8. The average molecular weight is 325 g/mol. The molecule has 2 atom stereocenters. The Bertz CT molecular complexity index is 484. The molecule has 19 heavy (non-hydrogen) atoms. The fraction of sp³-hybridized carbons (Fsp3) is 0.562. The minimum atomic E-state index is -0.312. The number of carbonyl (C=O) groups is 1. The first-order chi connectivity index (χ1) is 8.99. The van der Waals surface area contributed by atoms with E-state index in [1.54, 1.807) is 0 Å². The number of ether oxygens (including phenoxy) is 1. The standard InChI is InChI=1S/C16H21BrO2/c1-4-11(3)9-16(5-2)10-14(18)13-8-12(17)6-7-15(13)19-16/h6-8,11H,4-5,9-10H2,1-3H3. The number of carbonyl (C=O) groups excluding carboxylic acids is 1. The van der Waals surface area contributed by atoms with Gasteiger partial charge in [-0.3, -0.25) is 4.79 Å². The summed E-state index contributed by atoms with van der Waals surface area (Å²) in [7, 11) is 0. The predicted octanol–water partition coefficient (Wildman–Crippen LogP) is 5.00. The Kier molecular flexibility index (Phi) is 4.34. The molecule has 104 valence electrons. The van der Waals surface area contributed by atoms with Gasteiger partial charge in [0.1, 0.15) is 11.4 Å². The Hall–Kier alpha value is -0.830. The zero-order valence-corrected chi connectivity index (χ0v) is 13.4. The number of rotatable bonds is 4. The minimum absolute atomic E-state index is 0.202. The van der Waals surface area contributed by atoms with Crippen LogP contribution in [0.3, 0.4) is 0 Å². The highest BCUT2D eigenvalue weighted by molar-refractivity contribution is 9.10. The van der Waals surface area contributed by atoms with Crippen molar-refractivity contribution < 1.29 is 9.53 Å². The Morgan fingerprint density at radius 2 is 2.16 bits per heavy atom. The van der Waals surface area contributed by atoms with Crippen molar-refractivity contribution >= 4 is 21.7 Å². The van der Waals surface area contributed by atoms with Gasteiger partial charge in [0.05, 0.1) is 12.0 Å². The fourth-order valence-corrected chi connectivity index (χ4v) is 3.06. The van der Waals surface area contributed by atoms with E-state index in [2.05, 4.69) is 36.7 Å². The van der Waals surface area contributed by atoms with E-state index < -0.39 is 0 Å². The van der Waals surface area contributed by atoms with Gasteiger partial charge < -0.3 is 4.74 Å². The lowest BCUT2D eigenvalue weighted by atomic mass is 9.81. The third-order valence-corrected chi connectivity index (χ3v) is 4.61. The van der Waals surface area contributed by atoms with Gasteiger partial charge in [-0.15, -0.1) is 0 Å². The van der Waals surface area contributed by atoms with Crippen LogP contribution in [-0.4, -0.2) is 11.4 Å². The first kappa shape index (κ1) is 14.6. The Morgan fingerprint density at radius 1 is 1.42 bits per heavy atom. The molecule has 0 bridgehead atoms. The third kappa shape index (κ3) is 3.02. The van der Waals surface area contributed by atoms with Crippen molar-refractivity contribution in [2.45, 2.75) is 52.1 Å². The van der Waals surface area contributed by atoms with Gasteiger partial charge in [0.2, 0.25) is 0 Å². The number of halogens is 1. The van der Waals surface area contributed by atoms with Crippen LogP contribution in [0.15, 0.2) is 22.7 Å². The third-order valence-electron chi connectivity index (χ3n) is 4.11.